The molecular formula is C17H21FN2O. The number of hydrogen-bond donors (Lipinski definition) is 1. The van der Waals surface area contributed by atoms with Crippen LogP contribution in [0.25, 0.3) is 10.9 Å². The van der Waals surface area contributed by atoms with E-state index in [1.807, 2.05) is 13.0 Å². The first kappa shape index (κ1) is 14.3. The fraction of sp³-hybridized carbons (Fsp3) is 0.471. The standard InChI is InChI=1S/C17H21FN2O/c1-12-9-17(19-7-6-13-3-2-8-21-11-13)20-16-10-14(18)4-5-15(12)16/h4-5,9-10,13H,2-3,6-8,11H2,1H3,(H,19,20)/t13-/m1/s1. The molecule has 3 nitrogen and oxygen atoms in total. The molecule has 2 aromatic rings. The Bertz CT molecular complexity index is 623. The number of fused-ring (bicyclic) bond motifs is 1. The zero-order valence-corrected chi connectivity index (χ0v) is 12.4. The molecule has 1 aliphatic heterocycles. The van der Waals surface area contributed by atoms with Gasteiger partial charge in [-0.3, -0.25) is 0 Å². The van der Waals surface area contributed by atoms with Crippen molar-refractivity contribution in [1.29, 1.82) is 0 Å². The minimum absolute atomic E-state index is 0.245. The third-order valence-electron chi connectivity index (χ3n) is 4.09. The van der Waals surface area contributed by atoms with Gasteiger partial charge in [-0.2, -0.15) is 0 Å². The van der Waals surface area contributed by atoms with E-state index in [9.17, 15) is 4.39 Å². The molecule has 21 heavy (non-hydrogen) atoms. The number of aryl methyl sites for hydroxylation is 1. The second kappa shape index (κ2) is 6.39. The van der Waals surface area contributed by atoms with E-state index >= 15 is 0 Å². The van der Waals surface area contributed by atoms with Gasteiger partial charge >= 0.3 is 0 Å². The van der Waals surface area contributed by atoms with E-state index in [2.05, 4.69) is 10.3 Å². The normalized spacial score (nSPS) is 18.9. The van der Waals surface area contributed by atoms with Crippen molar-refractivity contribution in [3.05, 3.63) is 35.6 Å². The third-order valence-corrected chi connectivity index (χ3v) is 4.09. The summed E-state index contributed by atoms with van der Waals surface area (Å²) < 4.78 is 18.8. The van der Waals surface area contributed by atoms with Gasteiger partial charge in [-0.25, -0.2) is 9.37 Å². The molecule has 0 bridgehead atoms. The fourth-order valence-electron chi connectivity index (χ4n) is 2.91. The number of ether oxygens (including phenoxy) is 1. The number of rotatable bonds is 4. The number of aromatic nitrogens is 1. The summed E-state index contributed by atoms with van der Waals surface area (Å²) in [4.78, 5) is 4.50. The Hall–Kier alpha value is -1.68. The smallest absolute Gasteiger partial charge is 0.126 e. The van der Waals surface area contributed by atoms with Crippen LogP contribution in [0, 0.1) is 18.7 Å². The molecule has 1 aromatic carbocycles. The Morgan fingerprint density at radius 3 is 3.10 bits per heavy atom. The highest BCUT2D eigenvalue weighted by Crippen LogP contribution is 2.22. The van der Waals surface area contributed by atoms with Gasteiger partial charge in [0, 0.05) is 31.2 Å². The van der Waals surface area contributed by atoms with Crippen molar-refractivity contribution in [2.24, 2.45) is 5.92 Å². The first-order chi connectivity index (χ1) is 10.2. The Morgan fingerprint density at radius 2 is 2.29 bits per heavy atom. The molecule has 1 N–H and O–H groups in total. The first-order valence-corrected chi connectivity index (χ1v) is 7.61. The SMILES string of the molecule is Cc1cc(NCC[C@H]2CCCOC2)nc2cc(F)ccc12. The molecule has 0 saturated carbocycles. The number of anilines is 1. The van der Waals surface area contributed by atoms with E-state index in [-0.39, 0.29) is 5.82 Å². The molecule has 1 aromatic heterocycles. The molecule has 0 spiro atoms. The Balaban J connectivity index is 1.66. The average Bonchev–Trinajstić information content (AvgIpc) is 2.48. The lowest BCUT2D eigenvalue weighted by Gasteiger charge is -2.22. The van der Waals surface area contributed by atoms with Crippen LogP contribution < -0.4 is 5.32 Å². The number of hydrogen-bond acceptors (Lipinski definition) is 3. The van der Waals surface area contributed by atoms with Crippen molar-refractivity contribution in [2.45, 2.75) is 26.2 Å². The summed E-state index contributed by atoms with van der Waals surface area (Å²) in [5.74, 6) is 1.22. The summed E-state index contributed by atoms with van der Waals surface area (Å²) in [5, 5.41) is 4.36. The highest BCUT2D eigenvalue weighted by molar-refractivity contribution is 5.83. The Labute approximate surface area is 124 Å². The molecule has 1 saturated heterocycles. The monoisotopic (exact) mass is 288 g/mol. The maximum Gasteiger partial charge on any atom is 0.126 e. The van der Waals surface area contributed by atoms with Crippen LogP contribution in [-0.2, 0) is 4.74 Å². The van der Waals surface area contributed by atoms with Crippen LogP contribution in [0.1, 0.15) is 24.8 Å². The summed E-state index contributed by atoms with van der Waals surface area (Å²) in [6.45, 7) is 4.68. The van der Waals surface area contributed by atoms with Gasteiger partial charge in [-0.1, -0.05) is 0 Å². The first-order valence-electron chi connectivity index (χ1n) is 7.61. The van der Waals surface area contributed by atoms with Crippen molar-refractivity contribution < 1.29 is 9.13 Å². The lowest BCUT2D eigenvalue weighted by molar-refractivity contribution is 0.0530. The minimum atomic E-state index is -0.245. The molecule has 0 unspecified atom stereocenters. The Kier molecular flexibility index (Phi) is 4.34. The van der Waals surface area contributed by atoms with Gasteiger partial charge in [0.2, 0.25) is 0 Å². The zero-order chi connectivity index (χ0) is 14.7. The maximum absolute atomic E-state index is 13.3. The predicted octanol–water partition coefficient (Wildman–Crippen LogP) is 3.91. The van der Waals surface area contributed by atoms with Crippen LogP contribution in [0.15, 0.2) is 24.3 Å². The molecule has 1 atom stereocenters. The predicted molar refractivity (Wildman–Crippen MR) is 83.1 cm³/mol. The number of nitrogens with one attached hydrogen (secondary N) is 1. The molecular weight excluding hydrogens is 267 g/mol. The van der Waals surface area contributed by atoms with Crippen molar-refractivity contribution in [1.82, 2.24) is 4.98 Å². The van der Waals surface area contributed by atoms with E-state index in [0.29, 0.717) is 11.4 Å². The molecule has 112 valence electrons. The average molecular weight is 288 g/mol. The number of pyridine rings is 1. The summed E-state index contributed by atoms with van der Waals surface area (Å²) in [5.41, 5.74) is 1.82. The van der Waals surface area contributed by atoms with Crippen molar-refractivity contribution in [3.8, 4) is 0 Å². The van der Waals surface area contributed by atoms with Crippen LogP contribution in [0.5, 0.6) is 0 Å². The molecule has 2 heterocycles. The van der Waals surface area contributed by atoms with Gasteiger partial charge in [-0.05, 0) is 55.9 Å². The number of benzene rings is 1. The highest BCUT2D eigenvalue weighted by Gasteiger charge is 2.13. The third kappa shape index (κ3) is 3.50. The molecule has 3 rings (SSSR count). The molecule has 1 fully saturated rings. The molecule has 1 aliphatic rings. The van der Waals surface area contributed by atoms with Gasteiger partial charge < -0.3 is 10.1 Å². The van der Waals surface area contributed by atoms with Gasteiger partial charge in [0.05, 0.1) is 5.52 Å². The second-order valence-electron chi connectivity index (χ2n) is 5.78. The maximum atomic E-state index is 13.3. The van der Waals surface area contributed by atoms with Gasteiger partial charge in [0.25, 0.3) is 0 Å². The summed E-state index contributed by atoms with van der Waals surface area (Å²) in [7, 11) is 0. The van der Waals surface area contributed by atoms with E-state index < -0.39 is 0 Å². The van der Waals surface area contributed by atoms with E-state index in [4.69, 9.17) is 4.74 Å². The van der Waals surface area contributed by atoms with Crippen molar-refractivity contribution in [2.75, 3.05) is 25.1 Å². The molecule has 0 amide bonds. The molecule has 0 aliphatic carbocycles. The Morgan fingerprint density at radius 1 is 1.38 bits per heavy atom. The quantitative estimate of drug-likeness (QED) is 0.926. The zero-order valence-electron chi connectivity index (χ0n) is 12.4. The van der Waals surface area contributed by atoms with Crippen LogP contribution in [-0.4, -0.2) is 24.7 Å². The number of nitrogens with zero attached hydrogens (tertiary/aromatic N) is 1. The van der Waals surface area contributed by atoms with E-state index in [0.717, 1.165) is 49.4 Å². The topological polar surface area (TPSA) is 34.1 Å². The largest absolute Gasteiger partial charge is 0.381 e. The van der Waals surface area contributed by atoms with E-state index in [1.165, 1.54) is 18.6 Å². The lowest BCUT2D eigenvalue weighted by Crippen LogP contribution is -2.20. The lowest BCUT2D eigenvalue weighted by atomic mass is 9.99. The summed E-state index contributed by atoms with van der Waals surface area (Å²) in [6, 6.07) is 6.78. The molecule has 4 heteroatoms. The molecule has 0 radical (unpaired) electrons. The minimum Gasteiger partial charge on any atom is -0.381 e. The van der Waals surface area contributed by atoms with Gasteiger partial charge in [-0.15, -0.1) is 0 Å². The summed E-state index contributed by atoms with van der Waals surface area (Å²) in [6.07, 6.45) is 3.50. The van der Waals surface area contributed by atoms with Crippen LogP contribution in [0.2, 0.25) is 0 Å². The highest BCUT2D eigenvalue weighted by atomic mass is 19.1. The van der Waals surface area contributed by atoms with E-state index in [1.54, 1.807) is 6.07 Å². The van der Waals surface area contributed by atoms with Crippen molar-refractivity contribution >= 4 is 16.7 Å². The van der Waals surface area contributed by atoms with Crippen LogP contribution in [0.3, 0.4) is 0 Å². The summed E-state index contributed by atoms with van der Waals surface area (Å²) >= 11 is 0. The number of halogens is 1. The van der Waals surface area contributed by atoms with Gasteiger partial charge in [0.15, 0.2) is 0 Å². The fourth-order valence-corrected chi connectivity index (χ4v) is 2.91. The van der Waals surface area contributed by atoms with Gasteiger partial charge in [0.1, 0.15) is 11.6 Å². The van der Waals surface area contributed by atoms with Crippen LogP contribution in [0.4, 0.5) is 10.2 Å². The van der Waals surface area contributed by atoms with Crippen molar-refractivity contribution in [3.63, 3.8) is 0 Å². The van der Waals surface area contributed by atoms with Crippen LogP contribution >= 0.6 is 0 Å². The second-order valence-corrected chi connectivity index (χ2v) is 5.78.